The Morgan fingerprint density at radius 2 is 2.07 bits per heavy atom. The van der Waals surface area contributed by atoms with Crippen LogP contribution in [-0.4, -0.2) is 11.5 Å². The SMILES string of the molecule is C=C(C)CCOc1ccc([N+](=O)[O-])cc1. The Hall–Kier alpha value is -1.84. The molecule has 0 bridgehead atoms. The van der Waals surface area contributed by atoms with Crippen molar-refractivity contribution in [2.45, 2.75) is 13.3 Å². The highest BCUT2D eigenvalue weighted by Gasteiger charge is 2.03. The zero-order valence-corrected chi connectivity index (χ0v) is 8.60. The van der Waals surface area contributed by atoms with Crippen molar-refractivity contribution >= 4 is 5.69 Å². The molecule has 0 spiro atoms. The second kappa shape index (κ2) is 5.14. The van der Waals surface area contributed by atoms with E-state index in [1.165, 1.54) is 12.1 Å². The second-order valence-electron chi connectivity index (χ2n) is 3.31. The minimum Gasteiger partial charge on any atom is -0.493 e. The van der Waals surface area contributed by atoms with Crippen LogP contribution in [0.15, 0.2) is 36.4 Å². The van der Waals surface area contributed by atoms with Crippen LogP contribution >= 0.6 is 0 Å². The van der Waals surface area contributed by atoms with E-state index in [4.69, 9.17) is 4.74 Å². The Kier molecular flexibility index (Phi) is 3.85. The first kappa shape index (κ1) is 11.2. The van der Waals surface area contributed by atoms with Gasteiger partial charge in [-0.05, 0) is 19.1 Å². The summed E-state index contributed by atoms with van der Waals surface area (Å²) in [5.41, 5.74) is 1.12. The largest absolute Gasteiger partial charge is 0.493 e. The van der Waals surface area contributed by atoms with Crippen LogP contribution in [0.5, 0.6) is 5.75 Å². The topological polar surface area (TPSA) is 52.4 Å². The van der Waals surface area contributed by atoms with Crippen molar-refractivity contribution in [3.05, 3.63) is 46.5 Å². The number of nitrogens with zero attached hydrogens (tertiary/aromatic N) is 1. The highest BCUT2D eigenvalue weighted by molar-refractivity contribution is 5.35. The molecule has 1 rings (SSSR count). The first-order chi connectivity index (χ1) is 7.09. The van der Waals surface area contributed by atoms with E-state index in [0.29, 0.717) is 12.4 Å². The molecular formula is C11H13NO3. The van der Waals surface area contributed by atoms with Crippen LogP contribution in [0.25, 0.3) is 0 Å². The zero-order valence-electron chi connectivity index (χ0n) is 8.60. The summed E-state index contributed by atoms with van der Waals surface area (Å²) in [6, 6.07) is 6.04. The summed E-state index contributed by atoms with van der Waals surface area (Å²) in [5, 5.41) is 10.4. The molecule has 0 aliphatic carbocycles. The highest BCUT2D eigenvalue weighted by Crippen LogP contribution is 2.17. The number of nitro benzene ring substituents is 1. The van der Waals surface area contributed by atoms with Gasteiger partial charge in [0.15, 0.2) is 0 Å². The lowest BCUT2D eigenvalue weighted by Gasteiger charge is -2.04. The van der Waals surface area contributed by atoms with Crippen LogP contribution in [0.4, 0.5) is 5.69 Å². The molecule has 0 aromatic heterocycles. The summed E-state index contributed by atoms with van der Waals surface area (Å²) in [5.74, 6) is 0.641. The Morgan fingerprint density at radius 3 is 2.53 bits per heavy atom. The van der Waals surface area contributed by atoms with Crippen LogP contribution < -0.4 is 4.74 Å². The average Bonchev–Trinajstić information content (AvgIpc) is 2.18. The molecule has 0 aliphatic rings. The molecule has 4 heteroatoms. The van der Waals surface area contributed by atoms with Gasteiger partial charge in [-0.2, -0.15) is 0 Å². The minimum absolute atomic E-state index is 0.0715. The fourth-order valence-corrected chi connectivity index (χ4v) is 1.01. The van der Waals surface area contributed by atoms with E-state index in [1.54, 1.807) is 12.1 Å². The van der Waals surface area contributed by atoms with Gasteiger partial charge >= 0.3 is 0 Å². The van der Waals surface area contributed by atoms with Gasteiger partial charge in [0, 0.05) is 18.6 Å². The Labute approximate surface area is 88.3 Å². The minimum atomic E-state index is -0.433. The molecule has 0 heterocycles. The first-order valence-corrected chi connectivity index (χ1v) is 4.61. The van der Waals surface area contributed by atoms with Gasteiger partial charge in [-0.3, -0.25) is 10.1 Å². The lowest BCUT2D eigenvalue weighted by molar-refractivity contribution is -0.384. The van der Waals surface area contributed by atoms with Crippen molar-refractivity contribution in [2.75, 3.05) is 6.61 Å². The van der Waals surface area contributed by atoms with E-state index < -0.39 is 4.92 Å². The van der Waals surface area contributed by atoms with E-state index >= 15 is 0 Å². The van der Waals surface area contributed by atoms with Gasteiger partial charge < -0.3 is 4.74 Å². The number of nitro groups is 1. The van der Waals surface area contributed by atoms with Crippen molar-refractivity contribution in [2.24, 2.45) is 0 Å². The number of ether oxygens (including phenoxy) is 1. The lowest BCUT2D eigenvalue weighted by Crippen LogP contribution is -1.97. The Balaban J connectivity index is 2.50. The Morgan fingerprint density at radius 1 is 1.47 bits per heavy atom. The molecule has 0 radical (unpaired) electrons. The number of hydrogen-bond acceptors (Lipinski definition) is 3. The second-order valence-corrected chi connectivity index (χ2v) is 3.31. The molecule has 15 heavy (non-hydrogen) atoms. The van der Waals surface area contributed by atoms with E-state index in [1.807, 2.05) is 6.92 Å². The molecule has 0 saturated carbocycles. The van der Waals surface area contributed by atoms with Crippen LogP contribution in [0, 0.1) is 10.1 Å². The first-order valence-electron chi connectivity index (χ1n) is 4.61. The number of benzene rings is 1. The Bertz CT molecular complexity index is 357. The third kappa shape index (κ3) is 3.81. The highest BCUT2D eigenvalue weighted by atomic mass is 16.6. The van der Waals surface area contributed by atoms with Gasteiger partial charge in [-0.25, -0.2) is 0 Å². The number of rotatable bonds is 5. The van der Waals surface area contributed by atoms with Crippen LogP contribution in [-0.2, 0) is 0 Å². The predicted octanol–water partition coefficient (Wildman–Crippen LogP) is 2.94. The molecule has 4 nitrogen and oxygen atoms in total. The molecule has 1 aromatic rings. The van der Waals surface area contributed by atoms with Gasteiger partial charge in [0.05, 0.1) is 11.5 Å². The lowest BCUT2D eigenvalue weighted by atomic mass is 10.2. The number of hydrogen-bond donors (Lipinski definition) is 0. The summed E-state index contributed by atoms with van der Waals surface area (Å²) in [7, 11) is 0. The van der Waals surface area contributed by atoms with Gasteiger partial charge in [-0.15, -0.1) is 6.58 Å². The molecule has 0 amide bonds. The normalized spacial score (nSPS) is 9.67. The molecular weight excluding hydrogens is 194 g/mol. The molecule has 0 fully saturated rings. The molecule has 0 aliphatic heterocycles. The van der Waals surface area contributed by atoms with Crippen molar-refractivity contribution < 1.29 is 9.66 Å². The molecule has 0 N–H and O–H groups in total. The summed E-state index contributed by atoms with van der Waals surface area (Å²) in [6.07, 6.45) is 0.789. The molecule has 1 aromatic carbocycles. The maximum atomic E-state index is 10.4. The summed E-state index contributed by atoms with van der Waals surface area (Å²) in [4.78, 5) is 9.94. The van der Waals surface area contributed by atoms with E-state index in [2.05, 4.69) is 6.58 Å². The van der Waals surface area contributed by atoms with Gasteiger partial charge in [0.1, 0.15) is 5.75 Å². The van der Waals surface area contributed by atoms with E-state index in [-0.39, 0.29) is 5.69 Å². The van der Waals surface area contributed by atoms with Gasteiger partial charge in [0.25, 0.3) is 5.69 Å². The molecule has 0 unspecified atom stereocenters. The van der Waals surface area contributed by atoms with Crippen molar-refractivity contribution in [1.82, 2.24) is 0 Å². The van der Waals surface area contributed by atoms with Gasteiger partial charge in [-0.1, -0.05) is 5.57 Å². The number of non-ortho nitro benzene ring substituents is 1. The summed E-state index contributed by atoms with van der Waals surface area (Å²) >= 11 is 0. The van der Waals surface area contributed by atoms with Crippen molar-refractivity contribution in [3.63, 3.8) is 0 Å². The van der Waals surface area contributed by atoms with Crippen LogP contribution in [0.1, 0.15) is 13.3 Å². The van der Waals surface area contributed by atoms with Crippen LogP contribution in [0.3, 0.4) is 0 Å². The standard InChI is InChI=1S/C11H13NO3/c1-9(2)7-8-15-11-5-3-10(4-6-11)12(13)14/h3-6H,1,7-8H2,2H3. The fourth-order valence-electron chi connectivity index (χ4n) is 1.01. The quantitative estimate of drug-likeness (QED) is 0.423. The summed E-state index contributed by atoms with van der Waals surface area (Å²) < 4.78 is 5.37. The third-order valence-electron chi connectivity index (χ3n) is 1.85. The van der Waals surface area contributed by atoms with E-state index in [9.17, 15) is 10.1 Å². The fraction of sp³-hybridized carbons (Fsp3) is 0.273. The third-order valence-corrected chi connectivity index (χ3v) is 1.85. The van der Waals surface area contributed by atoms with Crippen molar-refractivity contribution in [1.29, 1.82) is 0 Å². The molecule has 0 saturated heterocycles. The molecule has 80 valence electrons. The van der Waals surface area contributed by atoms with Gasteiger partial charge in [0.2, 0.25) is 0 Å². The maximum absolute atomic E-state index is 10.4. The smallest absolute Gasteiger partial charge is 0.269 e. The zero-order chi connectivity index (χ0) is 11.3. The predicted molar refractivity (Wildman–Crippen MR) is 58.0 cm³/mol. The van der Waals surface area contributed by atoms with E-state index in [0.717, 1.165) is 12.0 Å². The van der Waals surface area contributed by atoms with Crippen molar-refractivity contribution in [3.8, 4) is 5.75 Å². The average molecular weight is 207 g/mol. The molecule has 0 atom stereocenters. The maximum Gasteiger partial charge on any atom is 0.269 e. The monoisotopic (exact) mass is 207 g/mol. The van der Waals surface area contributed by atoms with Crippen LogP contribution in [0.2, 0.25) is 0 Å². The summed E-state index contributed by atoms with van der Waals surface area (Å²) in [6.45, 7) is 6.23.